The molecule has 0 aliphatic carbocycles. The Balaban J connectivity index is 2.37. The number of nitrogens with one attached hydrogen (secondary N) is 1. The van der Waals surface area contributed by atoms with Gasteiger partial charge in [0.1, 0.15) is 5.69 Å². The molecule has 2 N–H and O–H groups in total. The van der Waals surface area contributed by atoms with E-state index in [2.05, 4.69) is 10.3 Å². The number of aromatic carboxylic acids is 1. The lowest BCUT2D eigenvalue weighted by Crippen LogP contribution is -2.16. The molecule has 0 aromatic carbocycles. The number of aromatic nitrogens is 1. The summed E-state index contributed by atoms with van der Waals surface area (Å²) < 4.78 is 5.30. The molecule has 1 aliphatic heterocycles. The van der Waals surface area contributed by atoms with Gasteiger partial charge in [0, 0.05) is 5.92 Å². The van der Waals surface area contributed by atoms with Gasteiger partial charge in [-0.2, -0.15) is 0 Å². The van der Waals surface area contributed by atoms with E-state index in [4.69, 9.17) is 9.52 Å². The van der Waals surface area contributed by atoms with Crippen LogP contribution >= 0.6 is 0 Å². The van der Waals surface area contributed by atoms with Gasteiger partial charge >= 0.3 is 5.97 Å². The summed E-state index contributed by atoms with van der Waals surface area (Å²) in [6, 6.07) is 0.0300. The zero-order valence-corrected chi connectivity index (χ0v) is 9.49. The second-order valence-corrected chi connectivity index (χ2v) is 4.38. The molecule has 0 bridgehead atoms. The first kappa shape index (κ1) is 11.1. The quantitative estimate of drug-likeness (QED) is 0.820. The molecule has 5 nitrogen and oxygen atoms in total. The number of rotatable bonds is 3. The predicted octanol–water partition coefficient (Wildman–Crippen LogP) is 1.92. The molecule has 1 saturated heterocycles. The number of carbonyl (C=O) groups is 1. The van der Waals surface area contributed by atoms with Crippen LogP contribution in [-0.2, 0) is 0 Å². The fourth-order valence-corrected chi connectivity index (χ4v) is 1.90. The smallest absolute Gasteiger partial charge is 0.373 e. The van der Waals surface area contributed by atoms with E-state index >= 15 is 0 Å². The fourth-order valence-electron chi connectivity index (χ4n) is 1.90. The van der Waals surface area contributed by atoms with Crippen LogP contribution in [0.25, 0.3) is 0 Å². The topological polar surface area (TPSA) is 75.4 Å². The van der Waals surface area contributed by atoms with Crippen LogP contribution in [0.4, 0.5) is 0 Å². The molecule has 5 heteroatoms. The Morgan fingerprint density at radius 2 is 2.38 bits per heavy atom. The van der Waals surface area contributed by atoms with E-state index in [0.717, 1.165) is 19.4 Å². The average Bonchev–Trinajstić information content (AvgIpc) is 2.86. The lowest BCUT2D eigenvalue weighted by Gasteiger charge is -2.05. The summed E-state index contributed by atoms with van der Waals surface area (Å²) in [5.74, 6) is -0.444. The van der Waals surface area contributed by atoms with E-state index < -0.39 is 5.97 Å². The minimum Gasteiger partial charge on any atom is -0.475 e. The maximum Gasteiger partial charge on any atom is 0.373 e. The van der Waals surface area contributed by atoms with Crippen LogP contribution in [-0.4, -0.2) is 22.6 Å². The lowest BCUT2D eigenvalue weighted by molar-refractivity contribution is 0.0657. The van der Waals surface area contributed by atoms with E-state index in [1.807, 2.05) is 13.8 Å². The predicted molar refractivity (Wildman–Crippen MR) is 57.5 cm³/mol. The summed E-state index contributed by atoms with van der Waals surface area (Å²) in [6.45, 7) is 4.78. The highest BCUT2D eigenvalue weighted by Crippen LogP contribution is 2.28. The molecule has 88 valence electrons. The first-order valence-electron chi connectivity index (χ1n) is 5.57. The van der Waals surface area contributed by atoms with Crippen LogP contribution in [0.3, 0.4) is 0 Å². The molecule has 1 aromatic heterocycles. The summed E-state index contributed by atoms with van der Waals surface area (Å²) in [5, 5.41) is 12.3. The molecular weight excluding hydrogens is 208 g/mol. The van der Waals surface area contributed by atoms with E-state index in [-0.39, 0.29) is 17.7 Å². The summed E-state index contributed by atoms with van der Waals surface area (Å²) in [5.41, 5.74) is 0.550. The van der Waals surface area contributed by atoms with Crippen molar-refractivity contribution in [2.75, 3.05) is 6.54 Å². The molecule has 16 heavy (non-hydrogen) atoms. The molecule has 2 rings (SSSR count). The molecule has 0 saturated carbocycles. The normalized spacial score (nSPS) is 20.6. The lowest BCUT2D eigenvalue weighted by atomic mass is 10.1. The first-order valence-corrected chi connectivity index (χ1v) is 5.57. The van der Waals surface area contributed by atoms with E-state index in [0.29, 0.717) is 11.6 Å². The van der Waals surface area contributed by atoms with Crippen LogP contribution in [0.5, 0.6) is 0 Å². The molecule has 1 atom stereocenters. The molecule has 1 aromatic rings. The molecular formula is C11H16N2O3. The van der Waals surface area contributed by atoms with Crippen molar-refractivity contribution in [2.45, 2.75) is 38.6 Å². The third kappa shape index (κ3) is 1.95. The van der Waals surface area contributed by atoms with Crippen molar-refractivity contribution in [3.8, 4) is 0 Å². The Morgan fingerprint density at radius 3 is 2.88 bits per heavy atom. The summed E-state index contributed by atoms with van der Waals surface area (Å²) in [7, 11) is 0. The number of hydrogen-bond acceptors (Lipinski definition) is 4. The summed E-state index contributed by atoms with van der Waals surface area (Å²) in [6.07, 6.45) is 1.97. The second kappa shape index (κ2) is 4.25. The van der Waals surface area contributed by atoms with Crippen LogP contribution in [0.1, 0.15) is 60.8 Å². The van der Waals surface area contributed by atoms with Gasteiger partial charge in [0.2, 0.25) is 5.76 Å². The van der Waals surface area contributed by atoms with Gasteiger partial charge in [-0.15, -0.1) is 0 Å². The van der Waals surface area contributed by atoms with Gasteiger partial charge in [-0.1, -0.05) is 13.8 Å². The van der Waals surface area contributed by atoms with Crippen LogP contribution in [0.15, 0.2) is 4.42 Å². The largest absolute Gasteiger partial charge is 0.475 e. The van der Waals surface area contributed by atoms with Gasteiger partial charge in [0.15, 0.2) is 5.89 Å². The molecule has 1 fully saturated rings. The highest BCUT2D eigenvalue weighted by Gasteiger charge is 2.28. The van der Waals surface area contributed by atoms with Crippen LogP contribution in [0, 0.1) is 0 Å². The minimum absolute atomic E-state index is 0.0110. The van der Waals surface area contributed by atoms with Crippen molar-refractivity contribution < 1.29 is 14.3 Å². The van der Waals surface area contributed by atoms with Crippen molar-refractivity contribution in [1.82, 2.24) is 10.3 Å². The third-order valence-corrected chi connectivity index (χ3v) is 2.75. The summed E-state index contributed by atoms with van der Waals surface area (Å²) in [4.78, 5) is 15.4. The van der Waals surface area contributed by atoms with Gasteiger partial charge in [0.05, 0.1) is 6.04 Å². The van der Waals surface area contributed by atoms with Crippen molar-refractivity contribution in [3.63, 3.8) is 0 Å². The molecule has 1 unspecified atom stereocenters. The number of hydrogen-bond donors (Lipinski definition) is 2. The molecule has 1 aliphatic rings. The number of carboxylic acid groups (broad SMARTS) is 1. The van der Waals surface area contributed by atoms with Crippen LogP contribution in [0.2, 0.25) is 0 Å². The van der Waals surface area contributed by atoms with Crippen molar-refractivity contribution in [3.05, 3.63) is 17.3 Å². The Hall–Kier alpha value is -1.36. The first-order chi connectivity index (χ1) is 7.59. The Bertz CT molecular complexity index is 392. The van der Waals surface area contributed by atoms with Gasteiger partial charge in [-0.3, -0.25) is 0 Å². The monoisotopic (exact) mass is 224 g/mol. The Labute approximate surface area is 93.9 Å². The van der Waals surface area contributed by atoms with Crippen molar-refractivity contribution in [1.29, 1.82) is 0 Å². The zero-order chi connectivity index (χ0) is 11.7. The number of nitrogens with zero attached hydrogens (tertiary/aromatic N) is 1. The molecule has 2 heterocycles. The van der Waals surface area contributed by atoms with Gasteiger partial charge < -0.3 is 14.8 Å². The zero-order valence-electron chi connectivity index (χ0n) is 9.49. The average molecular weight is 224 g/mol. The maximum absolute atomic E-state index is 11.1. The number of carboxylic acids is 1. The highest BCUT2D eigenvalue weighted by molar-refractivity contribution is 5.85. The minimum atomic E-state index is -1.04. The fraction of sp³-hybridized carbons (Fsp3) is 0.636. The van der Waals surface area contributed by atoms with E-state index in [1.165, 1.54) is 0 Å². The Kier molecular flexibility index (Phi) is 2.96. The van der Waals surface area contributed by atoms with Crippen molar-refractivity contribution in [2.24, 2.45) is 0 Å². The van der Waals surface area contributed by atoms with Gasteiger partial charge in [0.25, 0.3) is 0 Å². The molecule has 0 amide bonds. The summed E-state index contributed by atoms with van der Waals surface area (Å²) >= 11 is 0. The van der Waals surface area contributed by atoms with Crippen LogP contribution < -0.4 is 5.32 Å². The molecule has 0 radical (unpaired) electrons. The SMILES string of the molecule is CC(C)c1nc(C2CCCN2)c(C(=O)O)o1. The van der Waals surface area contributed by atoms with E-state index in [1.54, 1.807) is 0 Å². The van der Waals surface area contributed by atoms with Gasteiger partial charge in [-0.05, 0) is 19.4 Å². The molecule has 0 spiro atoms. The Morgan fingerprint density at radius 1 is 1.62 bits per heavy atom. The van der Waals surface area contributed by atoms with E-state index in [9.17, 15) is 4.79 Å². The third-order valence-electron chi connectivity index (χ3n) is 2.75. The number of oxazole rings is 1. The maximum atomic E-state index is 11.1. The van der Waals surface area contributed by atoms with Gasteiger partial charge in [-0.25, -0.2) is 9.78 Å². The highest BCUT2D eigenvalue weighted by atomic mass is 16.4. The standard InChI is InChI=1S/C11H16N2O3/c1-6(2)10-13-8(7-4-3-5-12-7)9(16-10)11(14)15/h6-7,12H,3-5H2,1-2H3,(H,14,15). The van der Waals surface area contributed by atoms with Crippen molar-refractivity contribution >= 4 is 5.97 Å². The second-order valence-electron chi connectivity index (χ2n) is 4.38.